The zero-order valence-electron chi connectivity index (χ0n) is 13.6. The molecule has 21 heavy (non-hydrogen) atoms. The number of amides is 1. The number of carbonyl (C=O) groups excluding carboxylic acids is 1. The Bertz CT molecular complexity index is 460. The maximum absolute atomic E-state index is 11.2. The Morgan fingerprint density at radius 3 is 2.71 bits per heavy atom. The van der Waals surface area contributed by atoms with Crippen LogP contribution in [0, 0.1) is 6.92 Å². The molecule has 5 heteroatoms. The summed E-state index contributed by atoms with van der Waals surface area (Å²) in [5.74, 6) is 0.536. The second kappa shape index (κ2) is 8.62. The molecule has 0 aliphatic rings. The third-order valence-electron chi connectivity index (χ3n) is 3.25. The zero-order valence-corrected chi connectivity index (χ0v) is 13.6. The number of primary amides is 1. The largest absolute Gasteiger partial charge is 0.368 e. The summed E-state index contributed by atoms with van der Waals surface area (Å²) in [6, 6.07) is 2.57. The van der Waals surface area contributed by atoms with Gasteiger partial charge >= 0.3 is 0 Å². The molecular weight excluding hydrogens is 264 g/mol. The average Bonchev–Trinajstić information content (AvgIpc) is 2.41. The summed E-state index contributed by atoms with van der Waals surface area (Å²) in [7, 11) is 0. The fraction of sp³-hybridized carbons (Fsp3) is 0.625. The maximum atomic E-state index is 11.2. The summed E-state index contributed by atoms with van der Waals surface area (Å²) in [4.78, 5) is 17.8. The monoisotopic (exact) mass is 292 g/mol. The number of unbranched alkanes of at least 4 members (excludes halogenated alkanes) is 1. The van der Waals surface area contributed by atoms with Gasteiger partial charge in [0.05, 0.1) is 6.54 Å². The molecule has 0 aromatic carbocycles. The van der Waals surface area contributed by atoms with E-state index < -0.39 is 0 Å². The molecule has 0 bridgehead atoms. The van der Waals surface area contributed by atoms with Crippen molar-refractivity contribution in [2.24, 2.45) is 5.73 Å². The molecule has 1 rings (SSSR count). The predicted octanol–water partition coefficient (Wildman–Crippen LogP) is 1.98. The minimum Gasteiger partial charge on any atom is -0.368 e. The summed E-state index contributed by atoms with van der Waals surface area (Å²) in [5, 5.41) is 3.38. The van der Waals surface area contributed by atoms with Crippen LogP contribution in [0.4, 0.5) is 5.82 Å². The van der Waals surface area contributed by atoms with Crippen LogP contribution in [0.5, 0.6) is 0 Å². The van der Waals surface area contributed by atoms with Gasteiger partial charge in [-0.2, -0.15) is 0 Å². The molecule has 0 fully saturated rings. The van der Waals surface area contributed by atoms with Crippen LogP contribution in [-0.2, 0) is 11.3 Å². The van der Waals surface area contributed by atoms with Gasteiger partial charge in [-0.05, 0) is 30.5 Å². The number of nitrogens with one attached hydrogen (secondary N) is 1. The molecule has 0 radical (unpaired) electrons. The second-order valence-corrected chi connectivity index (χ2v) is 5.76. The molecule has 1 aromatic rings. The molecular formula is C16H28N4O. The highest BCUT2D eigenvalue weighted by Crippen LogP contribution is 2.18. The van der Waals surface area contributed by atoms with Crippen molar-refractivity contribution < 1.29 is 4.79 Å². The van der Waals surface area contributed by atoms with E-state index in [-0.39, 0.29) is 12.5 Å². The third kappa shape index (κ3) is 6.12. The van der Waals surface area contributed by atoms with Crippen LogP contribution < -0.4 is 16.0 Å². The molecule has 0 saturated heterocycles. The first-order chi connectivity index (χ1) is 9.93. The summed E-state index contributed by atoms with van der Waals surface area (Å²) >= 11 is 0. The number of carbonyl (C=O) groups is 1. The number of aromatic nitrogens is 1. The SMILES string of the molecule is CCCCN(CC(N)=O)c1ncc(CNC(C)C)cc1C. The lowest BCUT2D eigenvalue weighted by molar-refractivity contribution is -0.116. The van der Waals surface area contributed by atoms with E-state index in [4.69, 9.17) is 5.73 Å². The average molecular weight is 292 g/mol. The Hall–Kier alpha value is -1.62. The summed E-state index contributed by atoms with van der Waals surface area (Å²) in [5.41, 5.74) is 7.58. The first-order valence-corrected chi connectivity index (χ1v) is 7.66. The Balaban J connectivity index is 2.85. The Morgan fingerprint density at radius 1 is 1.48 bits per heavy atom. The Kier molecular flexibility index (Phi) is 7.15. The topological polar surface area (TPSA) is 71.2 Å². The van der Waals surface area contributed by atoms with Crippen LogP contribution in [0.2, 0.25) is 0 Å². The minimum absolute atomic E-state index is 0.220. The number of aryl methyl sites for hydroxylation is 1. The summed E-state index contributed by atoms with van der Waals surface area (Å²) < 4.78 is 0. The molecule has 0 aliphatic heterocycles. The van der Waals surface area contributed by atoms with Gasteiger partial charge in [0.2, 0.25) is 5.91 Å². The Morgan fingerprint density at radius 2 is 2.19 bits per heavy atom. The highest BCUT2D eigenvalue weighted by molar-refractivity contribution is 5.79. The van der Waals surface area contributed by atoms with Crippen molar-refractivity contribution in [2.75, 3.05) is 18.0 Å². The van der Waals surface area contributed by atoms with Crippen molar-refractivity contribution in [3.63, 3.8) is 0 Å². The van der Waals surface area contributed by atoms with Crippen molar-refractivity contribution in [2.45, 2.75) is 53.1 Å². The van der Waals surface area contributed by atoms with Gasteiger partial charge in [0.15, 0.2) is 0 Å². The van der Waals surface area contributed by atoms with Gasteiger partial charge in [-0.15, -0.1) is 0 Å². The highest BCUT2D eigenvalue weighted by atomic mass is 16.1. The van der Waals surface area contributed by atoms with E-state index in [1.165, 1.54) is 0 Å². The van der Waals surface area contributed by atoms with E-state index in [0.29, 0.717) is 6.04 Å². The quantitative estimate of drug-likeness (QED) is 0.730. The van der Waals surface area contributed by atoms with Gasteiger partial charge in [-0.1, -0.05) is 27.2 Å². The number of nitrogens with zero attached hydrogens (tertiary/aromatic N) is 2. The number of pyridine rings is 1. The first kappa shape index (κ1) is 17.4. The molecule has 3 N–H and O–H groups in total. The van der Waals surface area contributed by atoms with Crippen LogP contribution in [0.1, 0.15) is 44.7 Å². The smallest absolute Gasteiger partial charge is 0.236 e. The van der Waals surface area contributed by atoms with Gasteiger partial charge in [-0.25, -0.2) is 4.98 Å². The minimum atomic E-state index is -0.321. The van der Waals surface area contributed by atoms with E-state index in [2.05, 4.69) is 37.1 Å². The van der Waals surface area contributed by atoms with Crippen LogP contribution in [-0.4, -0.2) is 30.0 Å². The standard InChI is InChI=1S/C16H28N4O/c1-5-6-7-20(11-15(17)21)16-13(4)8-14(10-19-16)9-18-12(2)3/h8,10,12,18H,5-7,9,11H2,1-4H3,(H2,17,21). The molecule has 1 heterocycles. The van der Waals surface area contributed by atoms with Crippen molar-refractivity contribution in [3.05, 3.63) is 23.4 Å². The lowest BCUT2D eigenvalue weighted by atomic mass is 10.1. The van der Waals surface area contributed by atoms with Crippen molar-refractivity contribution in [1.29, 1.82) is 0 Å². The van der Waals surface area contributed by atoms with Crippen molar-refractivity contribution in [1.82, 2.24) is 10.3 Å². The Labute approximate surface area is 127 Å². The van der Waals surface area contributed by atoms with E-state index in [0.717, 1.165) is 42.9 Å². The number of hydrogen-bond acceptors (Lipinski definition) is 4. The van der Waals surface area contributed by atoms with Crippen molar-refractivity contribution >= 4 is 11.7 Å². The van der Waals surface area contributed by atoms with Gasteiger partial charge in [0.25, 0.3) is 0 Å². The van der Waals surface area contributed by atoms with Gasteiger partial charge in [0, 0.05) is 25.3 Å². The summed E-state index contributed by atoms with van der Waals surface area (Å²) in [6.45, 7) is 10.2. The normalized spacial score (nSPS) is 10.9. The van der Waals surface area contributed by atoms with Crippen LogP contribution in [0.15, 0.2) is 12.3 Å². The molecule has 0 unspecified atom stereocenters. The number of nitrogens with two attached hydrogens (primary N) is 1. The number of rotatable bonds is 9. The fourth-order valence-corrected chi connectivity index (χ4v) is 2.17. The molecule has 118 valence electrons. The molecule has 1 aromatic heterocycles. The van der Waals surface area contributed by atoms with Crippen LogP contribution in [0.3, 0.4) is 0 Å². The van der Waals surface area contributed by atoms with E-state index >= 15 is 0 Å². The highest BCUT2D eigenvalue weighted by Gasteiger charge is 2.13. The number of hydrogen-bond donors (Lipinski definition) is 2. The van der Waals surface area contributed by atoms with Gasteiger partial charge < -0.3 is 16.0 Å². The fourth-order valence-electron chi connectivity index (χ4n) is 2.17. The predicted molar refractivity (Wildman–Crippen MR) is 87.3 cm³/mol. The van der Waals surface area contributed by atoms with Gasteiger partial charge in [-0.3, -0.25) is 4.79 Å². The van der Waals surface area contributed by atoms with E-state index in [9.17, 15) is 4.79 Å². The molecule has 0 saturated carbocycles. The second-order valence-electron chi connectivity index (χ2n) is 5.76. The third-order valence-corrected chi connectivity index (χ3v) is 3.25. The molecule has 5 nitrogen and oxygen atoms in total. The maximum Gasteiger partial charge on any atom is 0.236 e. The molecule has 0 spiro atoms. The summed E-state index contributed by atoms with van der Waals surface area (Å²) in [6.07, 6.45) is 3.97. The number of anilines is 1. The van der Waals surface area contributed by atoms with Crippen LogP contribution >= 0.6 is 0 Å². The van der Waals surface area contributed by atoms with Crippen molar-refractivity contribution in [3.8, 4) is 0 Å². The molecule has 1 amide bonds. The molecule has 0 atom stereocenters. The van der Waals surface area contributed by atoms with Gasteiger partial charge in [0.1, 0.15) is 5.82 Å². The lowest BCUT2D eigenvalue weighted by Gasteiger charge is -2.24. The lowest BCUT2D eigenvalue weighted by Crippen LogP contribution is -2.35. The first-order valence-electron chi connectivity index (χ1n) is 7.66. The zero-order chi connectivity index (χ0) is 15.8. The van der Waals surface area contributed by atoms with E-state index in [1.807, 2.05) is 18.0 Å². The van der Waals surface area contributed by atoms with Crippen LogP contribution in [0.25, 0.3) is 0 Å². The molecule has 0 aliphatic carbocycles. The van der Waals surface area contributed by atoms with E-state index in [1.54, 1.807) is 0 Å².